The molecule has 24 nitrogen and oxygen atoms in total. The summed E-state index contributed by atoms with van der Waals surface area (Å²) in [6, 6.07) is 62.9. The Bertz CT molecular complexity index is 6290. The average molecular weight is 1560 g/mol. The molecule has 1 aliphatic rings. The zero-order chi connectivity index (χ0) is 78.4. The molecule has 4 amide bonds. The lowest BCUT2D eigenvalue weighted by Gasteiger charge is -2.24. The fraction of sp³-hybridized carbons (Fsp3) is 0.118. The van der Waals surface area contributed by atoms with Crippen LogP contribution in [-0.2, 0) is 37.4 Å². The minimum absolute atomic E-state index is 0.0490. The molecule has 4 aromatic carbocycles. The van der Waals surface area contributed by atoms with E-state index >= 15 is 0 Å². The van der Waals surface area contributed by atoms with Crippen LogP contribution in [0.3, 0.4) is 0 Å². The van der Waals surface area contributed by atoms with Crippen LogP contribution in [0.5, 0.6) is 5.75 Å². The number of aryl methyl sites for hydroxylation is 1. The van der Waals surface area contributed by atoms with E-state index in [0.29, 0.717) is 86.0 Å². The molecule has 4 N–H and O–H groups in total. The summed E-state index contributed by atoms with van der Waals surface area (Å²) in [7, 11) is 1.65. The van der Waals surface area contributed by atoms with Gasteiger partial charge >= 0.3 is 0 Å². The third kappa shape index (κ3) is 17.6. The number of aromatic nitrogens is 12. The van der Waals surface area contributed by atoms with Crippen molar-refractivity contribution in [3.05, 3.63) is 279 Å². The fourth-order valence-corrected chi connectivity index (χ4v) is 15.1. The molecule has 113 heavy (non-hydrogen) atoms. The zero-order valence-corrected chi connectivity index (χ0v) is 63.9. The first kappa shape index (κ1) is 75.6. The van der Waals surface area contributed by atoms with Gasteiger partial charge in [0.05, 0.1) is 87.2 Å². The van der Waals surface area contributed by atoms with Gasteiger partial charge in [0.15, 0.2) is 23.3 Å². The van der Waals surface area contributed by atoms with Crippen molar-refractivity contribution in [1.29, 1.82) is 15.8 Å². The Hall–Kier alpha value is -14.2. The number of rotatable bonds is 16. The summed E-state index contributed by atoms with van der Waals surface area (Å²) < 4.78 is 5.30. The second-order valence-corrected chi connectivity index (χ2v) is 29.5. The van der Waals surface area contributed by atoms with Gasteiger partial charge in [0, 0.05) is 24.8 Å². The van der Waals surface area contributed by atoms with Crippen LogP contribution in [0.2, 0.25) is 0 Å². The number of hydrogen-bond acceptors (Lipinski definition) is 24. The summed E-state index contributed by atoms with van der Waals surface area (Å²) in [5.74, 6) is 3.47. The molecule has 0 aliphatic heterocycles. The molecular weight excluding hydrogens is 1500 g/mol. The molecule has 0 radical (unpaired) electrons. The molecule has 1 aliphatic carbocycles. The van der Waals surface area contributed by atoms with Crippen molar-refractivity contribution in [1.82, 2.24) is 59.8 Å². The van der Waals surface area contributed by atoms with Crippen LogP contribution in [0.4, 0.5) is 23.3 Å². The Morgan fingerprint density at radius 1 is 0.478 bits per heavy atom. The van der Waals surface area contributed by atoms with Crippen molar-refractivity contribution in [2.45, 2.75) is 57.3 Å². The van der Waals surface area contributed by atoms with Gasteiger partial charge in [-0.05, 0) is 204 Å². The highest BCUT2D eigenvalue weighted by Crippen LogP contribution is 2.39. The van der Waals surface area contributed by atoms with Gasteiger partial charge in [-0.15, -0.1) is 45.3 Å². The number of carbonyl (C=O) groups is 4. The molecule has 2 atom stereocenters. The lowest BCUT2D eigenvalue weighted by atomic mass is 9.83. The Kier molecular flexibility index (Phi) is 23.1. The second kappa shape index (κ2) is 34.6. The second-order valence-electron chi connectivity index (χ2n) is 25.9. The summed E-state index contributed by atoms with van der Waals surface area (Å²) >= 11 is 5.97. The molecule has 0 bridgehead atoms. The van der Waals surface area contributed by atoms with E-state index in [0.717, 1.165) is 81.7 Å². The number of anilines is 4. The van der Waals surface area contributed by atoms with Crippen molar-refractivity contribution < 1.29 is 23.9 Å². The lowest BCUT2D eigenvalue weighted by Crippen LogP contribution is -2.35. The number of amides is 4. The monoisotopic (exact) mass is 1560 g/mol. The first-order valence-electron chi connectivity index (χ1n) is 35.2. The smallest absolute Gasteiger partial charge is 0.235 e. The molecule has 0 saturated heterocycles. The van der Waals surface area contributed by atoms with E-state index in [1.807, 2.05) is 158 Å². The number of fused-ring (bicyclic) bond motifs is 5. The molecule has 2 unspecified atom stereocenters. The van der Waals surface area contributed by atoms with Crippen LogP contribution in [0.25, 0.3) is 86.9 Å². The molecule has 0 fully saturated rings. The molecule has 0 saturated carbocycles. The first-order valence-corrected chi connectivity index (χ1v) is 38.7. The van der Waals surface area contributed by atoms with Gasteiger partial charge in [0.1, 0.15) is 71.1 Å². The number of thiophene rings is 4. The van der Waals surface area contributed by atoms with Crippen LogP contribution in [0.1, 0.15) is 83.5 Å². The third-order valence-corrected chi connectivity index (χ3v) is 21.5. The van der Waals surface area contributed by atoms with Crippen LogP contribution in [0, 0.1) is 34.0 Å². The molecule has 28 heteroatoms. The topological polar surface area (TPSA) is 352 Å². The maximum absolute atomic E-state index is 13.2. The summed E-state index contributed by atoms with van der Waals surface area (Å²) in [4.78, 5) is 109. The Balaban J connectivity index is 0.000000125. The van der Waals surface area contributed by atoms with Crippen molar-refractivity contribution in [2.24, 2.45) is 0 Å². The van der Waals surface area contributed by atoms with E-state index in [1.165, 1.54) is 50.9 Å². The summed E-state index contributed by atoms with van der Waals surface area (Å²) in [5.41, 5.74) is 8.18. The number of methoxy groups -OCH3 is 1. The van der Waals surface area contributed by atoms with Gasteiger partial charge in [-0.25, -0.2) is 39.9 Å². The average Bonchev–Trinajstić information content (AvgIpc) is 1.75. The highest BCUT2D eigenvalue weighted by Gasteiger charge is 2.33. The summed E-state index contributed by atoms with van der Waals surface area (Å²) in [6.07, 6.45) is 8.59. The number of benzene rings is 4. The maximum Gasteiger partial charge on any atom is 0.235 e. The van der Waals surface area contributed by atoms with Crippen LogP contribution >= 0.6 is 45.3 Å². The number of pyridine rings is 4. The number of nitrogens with one attached hydrogen (secondary N) is 4. The standard InChI is InChI=1S/C22H17N5OS.C22H18N4O2S.C21H15N5OS.C20H13N5OS/c1-22(2,15-8-6-14(13-23)7-9-15)21(28)27-18-16-10-12-29-20(16)26-19(25-18)17-5-3-4-11-24-17;1-28-14-6-8-15-13(12-14)5-7-16(15)21(27)25-19-17-9-11-29-22(17)26-20(24-19)18-4-2-3-10-23-18;1-13(15-7-5-14(12-22)6-8-15)20(27)25-18-16-9-11-28-21(16)26-19(24-18)17-4-2-3-10-23-17;21-12-14-6-4-13(5-7-14)11-17(26)23-18-15-8-10-27-20(15)25-19(24-18)16-3-1-2-9-22-16/h3-12H,1-2H3,(H,25,26,27,28);2-4,6,8-12,16H,5,7H2,1H3,(H,24,25,26,27);2-11,13H,1H3,(H,24,25,26,27);1-10H,11H2,(H,23,24,25,26). The van der Waals surface area contributed by atoms with Gasteiger partial charge in [0.2, 0.25) is 23.6 Å². The minimum Gasteiger partial charge on any atom is -0.497 e. The predicted octanol–water partition coefficient (Wildman–Crippen LogP) is 17.1. The van der Waals surface area contributed by atoms with Crippen LogP contribution in [-0.4, -0.2) is 90.5 Å². The molecule has 17 rings (SSSR count). The van der Waals surface area contributed by atoms with Crippen molar-refractivity contribution >= 4 is 133 Å². The van der Waals surface area contributed by atoms with Gasteiger partial charge in [-0.3, -0.25) is 39.1 Å². The van der Waals surface area contributed by atoms with Crippen molar-refractivity contribution in [2.75, 3.05) is 28.4 Å². The normalized spacial score (nSPS) is 12.2. The molecule has 12 heterocycles. The SMILES string of the molecule is CC(C(=O)Nc1nc(-c2ccccn2)nc2sccc12)c1ccc(C#N)cc1.CC(C)(C(=O)Nc1nc(-c2ccccn2)nc2sccc12)c1ccc(C#N)cc1.COc1ccc2c(c1)CCC2C(=O)Nc1nc(-c2ccccn2)nc2sccc12.N#Cc1ccc(CC(=O)Nc2nc(-c3ccccn3)nc3sccc23)cc1. The van der Waals surface area contributed by atoms with Crippen LogP contribution < -0.4 is 26.0 Å². The Labute approximate surface area is 662 Å². The highest BCUT2D eigenvalue weighted by molar-refractivity contribution is 7.17. The largest absolute Gasteiger partial charge is 0.497 e. The molecule has 552 valence electrons. The summed E-state index contributed by atoms with van der Waals surface area (Å²) in [6.45, 7) is 5.51. The van der Waals surface area contributed by atoms with Crippen molar-refractivity contribution in [3.63, 3.8) is 0 Å². The van der Waals surface area contributed by atoms with E-state index in [-0.39, 0.29) is 36.0 Å². The first-order chi connectivity index (χ1) is 55.1. The highest BCUT2D eigenvalue weighted by atomic mass is 32.1. The number of nitrogens with zero attached hydrogens (tertiary/aromatic N) is 15. The fourth-order valence-electron chi connectivity index (χ4n) is 12.1. The van der Waals surface area contributed by atoms with Gasteiger partial charge in [-0.1, -0.05) is 66.7 Å². The quantitative estimate of drug-likeness (QED) is 0.0698. The van der Waals surface area contributed by atoms with E-state index in [4.69, 9.17) is 20.5 Å². The molecule has 16 aromatic rings. The maximum atomic E-state index is 13.2. The minimum atomic E-state index is -0.813. The number of nitriles is 3. The van der Waals surface area contributed by atoms with Crippen molar-refractivity contribution in [3.8, 4) is 70.0 Å². The Morgan fingerprint density at radius 2 is 0.876 bits per heavy atom. The summed E-state index contributed by atoms with van der Waals surface area (Å²) in [5, 5.41) is 49.5. The lowest BCUT2D eigenvalue weighted by molar-refractivity contribution is -0.120. The van der Waals surface area contributed by atoms with Crippen LogP contribution in [0.15, 0.2) is 234 Å². The predicted molar refractivity (Wildman–Crippen MR) is 440 cm³/mol. The zero-order valence-electron chi connectivity index (χ0n) is 60.7. The third-order valence-electron chi connectivity index (χ3n) is 18.3. The van der Waals surface area contributed by atoms with Gasteiger partial charge < -0.3 is 26.0 Å². The van der Waals surface area contributed by atoms with E-state index in [2.05, 4.69) is 99.3 Å². The molecule has 0 spiro atoms. The Morgan fingerprint density at radius 3 is 1.28 bits per heavy atom. The molecular formula is C85H63N19O5S4. The van der Waals surface area contributed by atoms with E-state index in [1.54, 1.807) is 105 Å². The number of ether oxygens (including phenoxy) is 1. The van der Waals surface area contributed by atoms with Gasteiger partial charge in [0.25, 0.3) is 0 Å². The molecule has 12 aromatic heterocycles. The number of carbonyl (C=O) groups excluding carboxylic acids is 4. The van der Waals surface area contributed by atoms with Gasteiger partial charge in [-0.2, -0.15) is 15.8 Å². The van der Waals surface area contributed by atoms with E-state index < -0.39 is 11.3 Å². The number of hydrogen-bond donors (Lipinski definition) is 4. The van der Waals surface area contributed by atoms with E-state index in [9.17, 15) is 19.2 Å².